The van der Waals surface area contributed by atoms with E-state index in [4.69, 9.17) is 0 Å². The minimum Gasteiger partial charge on any atom is -0.337 e. The van der Waals surface area contributed by atoms with Crippen LogP contribution in [0.25, 0.3) is 0 Å². The van der Waals surface area contributed by atoms with Crippen LogP contribution >= 0.6 is 0 Å². The van der Waals surface area contributed by atoms with E-state index in [1.807, 2.05) is 0 Å². The Kier molecular flexibility index (Phi) is 4.05. The second-order valence-corrected chi connectivity index (χ2v) is 5.75. The lowest BCUT2D eigenvalue weighted by molar-refractivity contribution is -0.132. The molecule has 2 aliphatic heterocycles. The van der Waals surface area contributed by atoms with E-state index in [1.165, 1.54) is 19.4 Å². The summed E-state index contributed by atoms with van der Waals surface area (Å²) in [6.45, 7) is 7.35. The molecular weight excluding hydrogens is 214 g/mol. The van der Waals surface area contributed by atoms with Gasteiger partial charge in [-0.05, 0) is 32.9 Å². The van der Waals surface area contributed by atoms with Crippen molar-refractivity contribution in [3.05, 3.63) is 0 Å². The highest BCUT2D eigenvalue weighted by molar-refractivity contribution is 5.84. The third kappa shape index (κ3) is 2.99. The number of hydrogen-bond acceptors (Lipinski definition) is 3. The van der Waals surface area contributed by atoms with Gasteiger partial charge in [0.05, 0.1) is 6.04 Å². The molecule has 0 bridgehead atoms. The van der Waals surface area contributed by atoms with Gasteiger partial charge < -0.3 is 15.1 Å². The molecule has 0 aromatic rings. The van der Waals surface area contributed by atoms with Crippen molar-refractivity contribution in [2.24, 2.45) is 0 Å². The molecule has 0 radical (unpaired) electrons. The van der Waals surface area contributed by atoms with E-state index in [0.29, 0.717) is 18.0 Å². The van der Waals surface area contributed by atoms with Gasteiger partial charge in [-0.3, -0.25) is 4.79 Å². The Bertz CT molecular complexity index is 280. The van der Waals surface area contributed by atoms with Gasteiger partial charge in [-0.2, -0.15) is 0 Å². The maximum absolute atomic E-state index is 12.3. The monoisotopic (exact) mass is 239 g/mol. The molecule has 17 heavy (non-hydrogen) atoms. The Morgan fingerprint density at radius 3 is 2.71 bits per heavy atom. The van der Waals surface area contributed by atoms with Gasteiger partial charge in [0.1, 0.15) is 0 Å². The van der Waals surface area contributed by atoms with E-state index in [0.717, 1.165) is 19.5 Å². The van der Waals surface area contributed by atoms with Crippen molar-refractivity contribution >= 4 is 5.91 Å². The van der Waals surface area contributed by atoms with Crippen molar-refractivity contribution in [3.8, 4) is 0 Å². The molecule has 2 heterocycles. The largest absolute Gasteiger partial charge is 0.337 e. The van der Waals surface area contributed by atoms with Gasteiger partial charge in [0.15, 0.2) is 0 Å². The van der Waals surface area contributed by atoms with Crippen molar-refractivity contribution in [1.82, 2.24) is 15.1 Å². The first-order valence-electron chi connectivity index (χ1n) is 6.83. The fraction of sp³-hybridized carbons (Fsp3) is 0.923. The molecule has 2 fully saturated rings. The first-order chi connectivity index (χ1) is 8.08. The number of likely N-dealkylation sites (N-methyl/N-ethyl adjacent to an activating group) is 1. The number of carbonyl (C=O) groups is 1. The molecule has 0 aromatic carbocycles. The number of piperidine rings is 1. The lowest BCUT2D eigenvalue weighted by Crippen LogP contribution is -2.50. The highest BCUT2D eigenvalue weighted by atomic mass is 16.2. The minimum atomic E-state index is 0.0576. The first kappa shape index (κ1) is 12.8. The lowest BCUT2D eigenvalue weighted by Gasteiger charge is -2.36. The topological polar surface area (TPSA) is 35.6 Å². The number of amides is 1. The van der Waals surface area contributed by atoms with Crippen LogP contribution in [0.4, 0.5) is 0 Å². The van der Waals surface area contributed by atoms with Gasteiger partial charge in [0.25, 0.3) is 0 Å². The molecule has 4 nitrogen and oxygen atoms in total. The van der Waals surface area contributed by atoms with Crippen molar-refractivity contribution in [2.45, 2.75) is 51.2 Å². The summed E-state index contributed by atoms with van der Waals surface area (Å²) in [5.41, 5.74) is 0. The quantitative estimate of drug-likeness (QED) is 0.786. The fourth-order valence-corrected chi connectivity index (χ4v) is 3.02. The Hall–Kier alpha value is -0.610. The summed E-state index contributed by atoms with van der Waals surface area (Å²) in [5, 5.41) is 3.37. The van der Waals surface area contributed by atoms with E-state index in [1.54, 1.807) is 0 Å². The molecule has 2 atom stereocenters. The average molecular weight is 239 g/mol. The van der Waals surface area contributed by atoms with Crippen LogP contribution in [0.3, 0.4) is 0 Å². The number of nitrogens with one attached hydrogen (secondary N) is 1. The number of carbonyl (C=O) groups excluding carboxylic acids is 1. The summed E-state index contributed by atoms with van der Waals surface area (Å²) in [6, 6.07) is 0.889. The van der Waals surface area contributed by atoms with Gasteiger partial charge in [-0.25, -0.2) is 0 Å². The van der Waals surface area contributed by atoms with Crippen LogP contribution in [-0.2, 0) is 4.79 Å². The predicted molar refractivity (Wildman–Crippen MR) is 68.9 cm³/mol. The second-order valence-electron chi connectivity index (χ2n) is 5.75. The molecule has 2 unspecified atom stereocenters. The van der Waals surface area contributed by atoms with Gasteiger partial charge in [0.2, 0.25) is 5.91 Å². The maximum atomic E-state index is 12.3. The van der Waals surface area contributed by atoms with Gasteiger partial charge >= 0.3 is 0 Å². The molecule has 2 saturated heterocycles. The molecule has 2 rings (SSSR count). The standard InChI is InChI=1S/C13H25N3O/c1-10(2)14-12-6-8-16(13(12)17)11-5-4-7-15(3)9-11/h10-12,14H,4-9H2,1-3H3. The molecule has 0 spiro atoms. The molecule has 1 N–H and O–H groups in total. The van der Waals surface area contributed by atoms with E-state index in [9.17, 15) is 4.79 Å². The third-order valence-electron chi connectivity index (χ3n) is 3.81. The Morgan fingerprint density at radius 2 is 2.06 bits per heavy atom. The van der Waals surface area contributed by atoms with Crippen molar-refractivity contribution in [1.29, 1.82) is 0 Å². The smallest absolute Gasteiger partial charge is 0.240 e. The normalized spacial score (nSPS) is 31.5. The van der Waals surface area contributed by atoms with Crippen LogP contribution in [0.1, 0.15) is 33.1 Å². The first-order valence-corrected chi connectivity index (χ1v) is 6.83. The van der Waals surface area contributed by atoms with E-state index in [-0.39, 0.29) is 6.04 Å². The van der Waals surface area contributed by atoms with E-state index < -0.39 is 0 Å². The number of rotatable bonds is 3. The second kappa shape index (κ2) is 5.36. The Balaban J connectivity index is 1.92. The minimum absolute atomic E-state index is 0.0576. The van der Waals surface area contributed by atoms with Crippen molar-refractivity contribution in [2.75, 3.05) is 26.7 Å². The van der Waals surface area contributed by atoms with Crippen molar-refractivity contribution in [3.63, 3.8) is 0 Å². The van der Waals surface area contributed by atoms with Crippen molar-refractivity contribution < 1.29 is 4.79 Å². The highest BCUT2D eigenvalue weighted by Crippen LogP contribution is 2.21. The number of likely N-dealkylation sites (tertiary alicyclic amines) is 2. The van der Waals surface area contributed by atoms with Gasteiger partial charge in [-0.1, -0.05) is 13.8 Å². The van der Waals surface area contributed by atoms with E-state index in [2.05, 4.69) is 36.0 Å². The maximum Gasteiger partial charge on any atom is 0.240 e. The van der Waals surface area contributed by atoms with Gasteiger partial charge in [0, 0.05) is 25.2 Å². The summed E-state index contributed by atoms with van der Waals surface area (Å²) in [7, 11) is 2.15. The Labute approximate surface area is 104 Å². The van der Waals surface area contributed by atoms with Crippen LogP contribution in [0.5, 0.6) is 0 Å². The SMILES string of the molecule is CC(C)NC1CCN(C2CCCN(C)C2)C1=O. The van der Waals surface area contributed by atoms with Crippen LogP contribution in [0.2, 0.25) is 0 Å². The van der Waals surface area contributed by atoms with Crippen LogP contribution in [0.15, 0.2) is 0 Å². The summed E-state index contributed by atoms with van der Waals surface area (Å²) in [4.78, 5) is 16.7. The predicted octanol–water partition coefficient (Wildman–Crippen LogP) is 0.679. The highest BCUT2D eigenvalue weighted by Gasteiger charge is 2.36. The molecular formula is C13H25N3O. The molecule has 0 aliphatic carbocycles. The number of nitrogens with zero attached hydrogens (tertiary/aromatic N) is 2. The van der Waals surface area contributed by atoms with Crippen LogP contribution < -0.4 is 5.32 Å². The van der Waals surface area contributed by atoms with E-state index >= 15 is 0 Å². The van der Waals surface area contributed by atoms with Crippen LogP contribution in [0, 0.1) is 0 Å². The summed E-state index contributed by atoms with van der Waals surface area (Å²) < 4.78 is 0. The molecule has 98 valence electrons. The molecule has 1 amide bonds. The van der Waals surface area contributed by atoms with Gasteiger partial charge in [-0.15, -0.1) is 0 Å². The lowest BCUT2D eigenvalue weighted by atomic mass is 10.1. The Morgan fingerprint density at radius 1 is 1.29 bits per heavy atom. The zero-order valence-electron chi connectivity index (χ0n) is 11.3. The zero-order valence-corrected chi connectivity index (χ0v) is 11.3. The molecule has 4 heteroatoms. The summed E-state index contributed by atoms with van der Waals surface area (Å²) in [6.07, 6.45) is 3.36. The van der Waals surface area contributed by atoms with Crippen LogP contribution in [-0.4, -0.2) is 60.5 Å². The average Bonchev–Trinajstić information content (AvgIpc) is 2.60. The molecule has 0 saturated carbocycles. The third-order valence-corrected chi connectivity index (χ3v) is 3.81. The summed E-state index contributed by atoms with van der Waals surface area (Å²) in [5.74, 6) is 0.319. The number of hydrogen-bond donors (Lipinski definition) is 1. The molecule has 0 aromatic heterocycles. The summed E-state index contributed by atoms with van der Waals surface area (Å²) >= 11 is 0. The zero-order chi connectivity index (χ0) is 12.4. The molecule has 2 aliphatic rings. The fourth-order valence-electron chi connectivity index (χ4n) is 3.02.